The fourth-order valence-electron chi connectivity index (χ4n) is 2.58. The second-order valence-electron chi connectivity index (χ2n) is 6.01. The Kier molecular flexibility index (Phi) is 5.79. The van der Waals surface area contributed by atoms with Crippen LogP contribution < -0.4 is 4.74 Å². The molecule has 1 amide bonds. The minimum atomic E-state index is -0.769. The highest BCUT2D eigenvalue weighted by molar-refractivity contribution is 5.92. The summed E-state index contributed by atoms with van der Waals surface area (Å²) in [6.45, 7) is 4.92. The van der Waals surface area contributed by atoms with Crippen LogP contribution >= 0.6 is 0 Å². The van der Waals surface area contributed by atoms with Crippen molar-refractivity contribution in [2.24, 2.45) is 5.92 Å². The van der Waals surface area contributed by atoms with Crippen LogP contribution in [-0.4, -0.2) is 41.1 Å². The molecule has 1 aromatic rings. The maximum absolute atomic E-state index is 12.2. The summed E-state index contributed by atoms with van der Waals surface area (Å²) >= 11 is 0. The van der Waals surface area contributed by atoms with Crippen molar-refractivity contribution in [2.75, 3.05) is 13.1 Å². The molecular weight excluding hydrogens is 294 g/mol. The fraction of sp³-hybridized carbons (Fsp3) is 0.444. The predicted octanol–water partition coefficient (Wildman–Crippen LogP) is 2.81. The molecule has 23 heavy (non-hydrogen) atoms. The lowest BCUT2D eigenvalue weighted by molar-refractivity contribution is -0.144. The molecule has 5 nitrogen and oxygen atoms in total. The number of amides is 1. The summed E-state index contributed by atoms with van der Waals surface area (Å²) in [7, 11) is 0. The van der Waals surface area contributed by atoms with Gasteiger partial charge in [-0.1, -0.05) is 12.1 Å². The van der Waals surface area contributed by atoms with Gasteiger partial charge in [0.05, 0.1) is 12.0 Å². The van der Waals surface area contributed by atoms with Crippen LogP contribution in [-0.2, 0) is 9.59 Å². The van der Waals surface area contributed by atoms with E-state index < -0.39 is 5.97 Å². The van der Waals surface area contributed by atoms with Crippen LogP contribution in [0.15, 0.2) is 30.3 Å². The Bertz CT molecular complexity index is 586. The van der Waals surface area contributed by atoms with E-state index in [1.165, 1.54) is 6.08 Å². The van der Waals surface area contributed by atoms with Crippen LogP contribution in [0.1, 0.15) is 32.3 Å². The maximum Gasteiger partial charge on any atom is 0.306 e. The van der Waals surface area contributed by atoms with E-state index in [0.29, 0.717) is 25.9 Å². The Hall–Kier alpha value is -2.30. The molecule has 0 saturated carbocycles. The van der Waals surface area contributed by atoms with Crippen molar-refractivity contribution in [3.8, 4) is 5.75 Å². The number of nitrogens with zero attached hydrogens (tertiary/aromatic N) is 1. The number of rotatable bonds is 5. The number of carbonyl (C=O) groups excluding carboxylic acids is 1. The molecule has 0 bridgehead atoms. The van der Waals surface area contributed by atoms with Gasteiger partial charge in [-0.2, -0.15) is 0 Å². The first-order valence-corrected chi connectivity index (χ1v) is 7.92. The quantitative estimate of drug-likeness (QED) is 0.848. The van der Waals surface area contributed by atoms with E-state index in [-0.39, 0.29) is 17.9 Å². The van der Waals surface area contributed by atoms with Gasteiger partial charge in [-0.3, -0.25) is 9.59 Å². The molecular formula is C18H23NO4. The SMILES string of the molecule is CC(C)Oc1cccc(/C=C/C(=O)N2CCC(C(=O)O)CC2)c1. The van der Waals surface area contributed by atoms with Crippen molar-refractivity contribution in [1.82, 2.24) is 4.90 Å². The number of ether oxygens (including phenoxy) is 1. The number of carbonyl (C=O) groups is 2. The summed E-state index contributed by atoms with van der Waals surface area (Å²) in [4.78, 5) is 24.8. The van der Waals surface area contributed by atoms with Crippen molar-refractivity contribution in [2.45, 2.75) is 32.8 Å². The number of aliphatic carboxylic acids is 1. The van der Waals surface area contributed by atoms with Crippen molar-refractivity contribution < 1.29 is 19.4 Å². The molecule has 0 atom stereocenters. The molecule has 0 aromatic heterocycles. The average Bonchev–Trinajstić information content (AvgIpc) is 2.52. The molecule has 0 spiro atoms. The van der Waals surface area contributed by atoms with Gasteiger partial charge < -0.3 is 14.7 Å². The minimum absolute atomic E-state index is 0.0796. The van der Waals surface area contributed by atoms with Gasteiger partial charge in [0.15, 0.2) is 0 Å². The Morgan fingerprint density at radius 1 is 1.30 bits per heavy atom. The third-order valence-corrected chi connectivity index (χ3v) is 3.80. The molecule has 1 fully saturated rings. The van der Waals surface area contributed by atoms with Crippen LogP contribution in [0.5, 0.6) is 5.75 Å². The van der Waals surface area contributed by atoms with Crippen molar-refractivity contribution in [3.63, 3.8) is 0 Å². The summed E-state index contributed by atoms with van der Waals surface area (Å²) in [5.41, 5.74) is 0.900. The van der Waals surface area contributed by atoms with Crippen LogP contribution in [0, 0.1) is 5.92 Å². The van der Waals surface area contributed by atoms with Gasteiger partial charge >= 0.3 is 5.97 Å². The molecule has 124 valence electrons. The number of likely N-dealkylation sites (tertiary alicyclic amines) is 1. The molecule has 0 unspecified atom stereocenters. The highest BCUT2D eigenvalue weighted by atomic mass is 16.5. The lowest BCUT2D eigenvalue weighted by Gasteiger charge is -2.29. The molecule has 2 rings (SSSR count). The summed E-state index contributed by atoms with van der Waals surface area (Å²) < 4.78 is 5.63. The standard InChI is InChI=1S/C18H23NO4/c1-13(2)23-16-5-3-4-14(12-16)6-7-17(20)19-10-8-15(9-11-19)18(21)22/h3-7,12-13,15H,8-11H2,1-2H3,(H,21,22)/b7-6+. The molecule has 1 aromatic carbocycles. The van der Waals surface area contributed by atoms with Crippen LogP contribution in [0.3, 0.4) is 0 Å². The van der Waals surface area contributed by atoms with Gasteiger partial charge in [0.2, 0.25) is 5.91 Å². The van der Waals surface area contributed by atoms with Gasteiger partial charge in [0.25, 0.3) is 0 Å². The Morgan fingerprint density at radius 3 is 2.61 bits per heavy atom. The zero-order valence-corrected chi connectivity index (χ0v) is 13.6. The lowest BCUT2D eigenvalue weighted by atomic mass is 9.97. The molecule has 0 aliphatic carbocycles. The summed E-state index contributed by atoms with van der Waals surface area (Å²) in [6.07, 6.45) is 4.44. The lowest BCUT2D eigenvalue weighted by Crippen LogP contribution is -2.39. The Balaban J connectivity index is 1.92. The first-order chi connectivity index (χ1) is 11.0. The van der Waals surface area contributed by atoms with E-state index in [1.807, 2.05) is 38.1 Å². The van der Waals surface area contributed by atoms with E-state index in [9.17, 15) is 9.59 Å². The second-order valence-corrected chi connectivity index (χ2v) is 6.01. The zero-order chi connectivity index (χ0) is 16.8. The van der Waals surface area contributed by atoms with Gasteiger partial charge in [-0.05, 0) is 50.5 Å². The first kappa shape index (κ1) is 17.1. The fourth-order valence-corrected chi connectivity index (χ4v) is 2.58. The van der Waals surface area contributed by atoms with E-state index in [2.05, 4.69) is 0 Å². The van der Waals surface area contributed by atoms with Gasteiger partial charge in [0, 0.05) is 19.2 Å². The molecule has 1 N–H and O–H groups in total. The number of piperidine rings is 1. The highest BCUT2D eigenvalue weighted by Gasteiger charge is 2.25. The number of carboxylic acids is 1. The number of carboxylic acid groups (broad SMARTS) is 1. The van der Waals surface area contributed by atoms with Crippen LogP contribution in [0.4, 0.5) is 0 Å². The Morgan fingerprint density at radius 2 is 2.00 bits per heavy atom. The topological polar surface area (TPSA) is 66.8 Å². The minimum Gasteiger partial charge on any atom is -0.491 e. The van der Waals surface area contributed by atoms with Crippen molar-refractivity contribution in [1.29, 1.82) is 0 Å². The predicted molar refractivity (Wildman–Crippen MR) is 88.2 cm³/mol. The van der Waals surface area contributed by atoms with Crippen molar-refractivity contribution >= 4 is 18.0 Å². The molecule has 5 heteroatoms. The molecule has 1 saturated heterocycles. The smallest absolute Gasteiger partial charge is 0.306 e. The monoisotopic (exact) mass is 317 g/mol. The van der Waals surface area contributed by atoms with Gasteiger partial charge in [-0.25, -0.2) is 0 Å². The molecule has 1 heterocycles. The molecule has 1 aliphatic rings. The van der Waals surface area contributed by atoms with Crippen LogP contribution in [0.2, 0.25) is 0 Å². The third-order valence-electron chi connectivity index (χ3n) is 3.80. The third kappa shape index (κ3) is 5.13. The normalized spacial score (nSPS) is 16.0. The summed E-state index contributed by atoms with van der Waals surface area (Å²) in [5.74, 6) is -0.400. The van der Waals surface area contributed by atoms with E-state index in [4.69, 9.17) is 9.84 Å². The zero-order valence-electron chi connectivity index (χ0n) is 13.6. The van der Waals surface area contributed by atoms with E-state index in [1.54, 1.807) is 11.0 Å². The largest absolute Gasteiger partial charge is 0.491 e. The van der Waals surface area contributed by atoms with Crippen LogP contribution in [0.25, 0.3) is 6.08 Å². The number of benzene rings is 1. The Labute approximate surface area is 136 Å². The highest BCUT2D eigenvalue weighted by Crippen LogP contribution is 2.19. The molecule has 1 aliphatic heterocycles. The number of hydrogen-bond donors (Lipinski definition) is 1. The van der Waals surface area contributed by atoms with Gasteiger partial charge in [-0.15, -0.1) is 0 Å². The average molecular weight is 317 g/mol. The van der Waals surface area contributed by atoms with E-state index in [0.717, 1.165) is 11.3 Å². The molecule has 0 radical (unpaired) electrons. The first-order valence-electron chi connectivity index (χ1n) is 7.92. The van der Waals surface area contributed by atoms with Crippen molar-refractivity contribution in [3.05, 3.63) is 35.9 Å². The number of hydrogen-bond acceptors (Lipinski definition) is 3. The maximum atomic E-state index is 12.2. The second kappa shape index (κ2) is 7.81. The van der Waals surface area contributed by atoms with E-state index >= 15 is 0 Å². The summed E-state index contributed by atoms with van der Waals surface area (Å²) in [6, 6.07) is 7.57. The summed E-state index contributed by atoms with van der Waals surface area (Å²) in [5, 5.41) is 8.97. The van der Waals surface area contributed by atoms with Gasteiger partial charge in [0.1, 0.15) is 5.75 Å².